The Bertz CT molecular complexity index is 963. The fraction of sp³-hybridized carbons (Fsp3) is 0.368. The van der Waals surface area contributed by atoms with Crippen molar-refractivity contribution in [3.05, 3.63) is 61.5 Å². The lowest BCUT2D eigenvalue weighted by Gasteiger charge is -2.27. The van der Waals surface area contributed by atoms with Crippen LogP contribution in [0.5, 0.6) is 5.75 Å². The molecule has 0 aliphatic carbocycles. The van der Waals surface area contributed by atoms with Gasteiger partial charge < -0.3 is 19.8 Å². The summed E-state index contributed by atoms with van der Waals surface area (Å²) >= 11 is 1.50. The van der Waals surface area contributed by atoms with Gasteiger partial charge >= 0.3 is 0 Å². The standard InChI is InChI=1S/C19H19N3O3S/c1-11-8-14-17(19(23)22(11)10-12-4-2-6-24-12)16(15-5-3-7-26-15)13(9-20)18(21)25-14/h3,5,7-8,12,16H,2,4,6,10,21H2,1H3. The molecule has 2 unspecified atom stereocenters. The molecule has 134 valence electrons. The summed E-state index contributed by atoms with van der Waals surface area (Å²) in [6.07, 6.45) is 2.01. The fourth-order valence-corrected chi connectivity index (χ4v) is 4.49. The molecule has 0 radical (unpaired) electrons. The van der Waals surface area contributed by atoms with Crippen LogP contribution < -0.4 is 16.0 Å². The van der Waals surface area contributed by atoms with E-state index in [4.69, 9.17) is 15.2 Å². The molecule has 1 saturated heterocycles. The first-order chi connectivity index (χ1) is 12.6. The maximum absolute atomic E-state index is 13.4. The van der Waals surface area contributed by atoms with E-state index in [0.717, 1.165) is 30.0 Å². The molecule has 0 bridgehead atoms. The van der Waals surface area contributed by atoms with E-state index < -0.39 is 5.92 Å². The van der Waals surface area contributed by atoms with Gasteiger partial charge in [-0.05, 0) is 31.2 Å². The molecule has 0 saturated carbocycles. The number of hydrogen-bond donors (Lipinski definition) is 1. The average Bonchev–Trinajstić information content (AvgIpc) is 3.31. The van der Waals surface area contributed by atoms with Crippen molar-refractivity contribution in [1.82, 2.24) is 4.57 Å². The van der Waals surface area contributed by atoms with E-state index in [1.807, 2.05) is 30.5 Å². The Balaban J connectivity index is 1.88. The molecule has 2 aromatic rings. The van der Waals surface area contributed by atoms with Crippen LogP contribution in [-0.2, 0) is 11.3 Å². The monoisotopic (exact) mass is 369 g/mol. The van der Waals surface area contributed by atoms with Crippen LogP contribution in [0.2, 0.25) is 0 Å². The van der Waals surface area contributed by atoms with Gasteiger partial charge in [0.2, 0.25) is 5.88 Å². The minimum Gasteiger partial charge on any atom is -0.440 e. The van der Waals surface area contributed by atoms with Crippen LogP contribution in [0.15, 0.2) is 39.8 Å². The summed E-state index contributed by atoms with van der Waals surface area (Å²) in [5.74, 6) is 0.00710. The van der Waals surface area contributed by atoms with Gasteiger partial charge in [-0.3, -0.25) is 4.79 Å². The number of fused-ring (bicyclic) bond motifs is 1. The van der Waals surface area contributed by atoms with Crippen LogP contribution in [0.3, 0.4) is 0 Å². The van der Waals surface area contributed by atoms with Gasteiger partial charge in [-0.2, -0.15) is 5.26 Å². The van der Waals surface area contributed by atoms with E-state index in [1.54, 1.807) is 4.57 Å². The summed E-state index contributed by atoms with van der Waals surface area (Å²) < 4.78 is 13.1. The van der Waals surface area contributed by atoms with Crippen molar-refractivity contribution in [3.8, 4) is 11.8 Å². The van der Waals surface area contributed by atoms with Crippen LogP contribution in [0.1, 0.15) is 34.9 Å². The number of hydrogen-bond acceptors (Lipinski definition) is 6. The molecule has 2 aromatic heterocycles. The molecule has 7 heteroatoms. The third kappa shape index (κ3) is 2.71. The second-order valence-electron chi connectivity index (χ2n) is 6.55. The molecular formula is C19H19N3O3S. The van der Waals surface area contributed by atoms with Crippen LogP contribution in [0.4, 0.5) is 0 Å². The van der Waals surface area contributed by atoms with Gasteiger partial charge in [-0.25, -0.2) is 0 Å². The van der Waals surface area contributed by atoms with E-state index in [-0.39, 0.29) is 23.1 Å². The lowest BCUT2D eigenvalue weighted by atomic mass is 9.88. The summed E-state index contributed by atoms with van der Waals surface area (Å²) in [4.78, 5) is 14.3. The Morgan fingerprint density at radius 3 is 3.00 bits per heavy atom. The molecule has 2 aliphatic rings. The largest absolute Gasteiger partial charge is 0.440 e. The van der Waals surface area contributed by atoms with Crippen LogP contribution in [0, 0.1) is 18.3 Å². The van der Waals surface area contributed by atoms with Crippen LogP contribution >= 0.6 is 11.3 Å². The van der Waals surface area contributed by atoms with Crippen molar-refractivity contribution in [2.24, 2.45) is 5.73 Å². The third-order valence-electron chi connectivity index (χ3n) is 4.93. The number of aromatic nitrogens is 1. The van der Waals surface area contributed by atoms with Gasteiger partial charge in [0.1, 0.15) is 17.4 Å². The first-order valence-electron chi connectivity index (χ1n) is 8.57. The summed E-state index contributed by atoms with van der Waals surface area (Å²) in [6, 6.07) is 7.78. The van der Waals surface area contributed by atoms with Gasteiger partial charge in [0.15, 0.2) is 0 Å². The molecule has 4 rings (SSSR count). The SMILES string of the molecule is Cc1cc2c(c(=O)n1CC1CCCO1)C(c1cccs1)C(C#N)=C(N)O2. The van der Waals surface area contributed by atoms with E-state index in [9.17, 15) is 10.1 Å². The predicted octanol–water partition coefficient (Wildman–Crippen LogP) is 2.62. The molecule has 4 heterocycles. The highest BCUT2D eigenvalue weighted by molar-refractivity contribution is 7.10. The van der Waals surface area contributed by atoms with Crippen molar-refractivity contribution in [1.29, 1.82) is 5.26 Å². The van der Waals surface area contributed by atoms with Gasteiger partial charge in [0.05, 0.1) is 24.1 Å². The average molecular weight is 369 g/mol. The quantitative estimate of drug-likeness (QED) is 0.898. The summed E-state index contributed by atoms with van der Waals surface area (Å²) in [5.41, 5.74) is 7.39. The van der Waals surface area contributed by atoms with Crippen molar-refractivity contribution >= 4 is 11.3 Å². The zero-order valence-electron chi connectivity index (χ0n) is 14.4. The highest BCUT2D eigenvalue weighted by atomic mass is 32.1. The fourth-order valence-electron chi connectivity index (χ4n) is 3.65. The van der Waals surface area contributed by atoms with E-state index in [1.165, 1.54) is 11.3 Å². The Kier molecular flexibility index (Phi) is 4.31. The molecule has 2 aliphatic heterocycles. The van der Waals surface area contributed by atoms with Crippen LogP contribution in [-0.4, -0.2) is 17.3 Å². The lowest BCUT2D eigenvalue weighted by molar-refractivity contribution is 0.0955. The van der Waals surface area contributed by atoms with E-state index in [2.05, 4.69) is 6.07 Å². The highest BCUT2D eigenvalue weighted by Gasteiger charge is 2.35. The third-order valence-corrected chi connectivity index (χ3v) is 5.86. The smallest absolute Gasteiger partial charge is 0.258 e. The Morgan fingerprint density at radius 1 is 1.50 bits per heavy atom. The topological polar surface area (TPSA) is 90.3 Å². The number of thiophene rings is 1. The van der Waals surface area contributed by atoms with Gasteiger partial charge in [0, 0.05) is 23.2 Å². The Hall–Kier alpha value is -2.56. The second kappa shape index (κ2) is 6.63. The molecule has 0 aromatic carbocycles. The molecule has 2 N–H and O–H groups in total. The maximum atomic E-state index is 13.4. The van der Waals surface area contributed by atoms with E-state index >= 15 is 0 Å². The predicted molar refractivity (Wildman–Crippen MR) is 98.0 cm³/mol. The summed E-state index contributed by atoms with van der Waals surface area (Å²) in [5, 5.41) is 11.5. The Labute approximate surface area is 155 Å². The number of allylic oxidation sites excluding steroid dienone is 1. The number of pyridine rings is 1. The molecule has 2 atom stereocenters. The van der Waals surface area contributed by atoms with Crippen molar-refractivity contribution in [2.75, 3.05) is 6.61 Å². The van der Waals surface area contributed by atoms with Crippen molar-refractivity contribution < 1.29 is 9.47 Å². The molecule has 0 amide bonds. The molecule has 0 spiro atoms. The van der Waals surface area contributed by atoms with E-state index in [0.29, 0.717) is 17.9 Å². The number of nitrogens with zero attached hydrogens (tertiary/aromatic N) is 2. The number of nitriles is 1. The number of nitrogens with two attached hydrogens (primary N) is 1. The van der Waals surface area contributed by atoms with Gasteiger partial charge in [-0.15, -0.1) is 11.3 Å². The zero-order chi connectivity index (χ0) is 18.3. The highest BCUT2D eigenvalue weighted by Crippen LogP contribution is 2.42. The molecular weight excluding hydrogens is 350 g/mol. The lowest BCUT2D eigenvalue weighted by Crippen LogP contribution is -2.34. The molecule has 6 nitrogen and oxygen atoms in total. The second-order valence-corrected chi connectivity index (χ2v) is 7.53. The first-order valence-corrected chi connectivity index (χ1v) is 9.45. The number of rotatable bonds is 3. The number of ether oxygens (including phenoxy) is 2. The minimum atomic E-state index is -0.493. The van der Waals surface area contributed by atoms with Crippen LogP contribution in [0.25, 0.3) is 0 Å². The molecule has 26 heavy (non-hydrogen) atoms. The maximum Gasteiger partial charge on any atom is 0.258 e. The summed E-state index contributed by atoms with van der Waals surface area (Å²) in [6.45, 7) is 3.12. The van der Waals surface area contributed by atoms with Gasteiger partial charge in [-0.1, -0.05) is 6.07 Å². The zero-order valence-corrected chi connectivity index (χ0v) is 15.2. The molecule has 1 fully saturated rings. The first kappa shape index (κ1) is 16.9. The normalized spacial score (nSPS) is 22.0. The van der Waals surface area contributed by atoms with Gasteiger partial charge in [0.25, 0.3) is 5.56 Å². The number of aryl methyl sites for hydroxylation is 1. The van der Waals surface area contributed by atoms with Crippen molar-refractivity contribution in [3.63, 3.8) is 0 Å². The van der Waals surface area contributed by atoms with Crippen molar-refractivity contribution in [2.45, 2.75) is 38.3 Å². The minimum absolute atomic E-state index is 0.0465. The Morgan fingerprint density at radius 2 is 2.35 bits per heavy atom. The summed E-state index contributed by atoms with van der Waals surface area (Å²) in [7, 11) is 0.